The molecule has 3 N–H and O–H groups in total. The molecule has 68 valence electrons. The van der Waals surface area contributed by atoms with E-state index in [0.29, 0.717) is 6.54 Å². The van der Waals surface area contributed by atoms with Crippen LogP contribution in [0.3, 0.4) is 0 Å². The lowest BCUT2D eigenvalue weighted by Crippen LogP contribution is -2.35. The summed E-state index contributed by atoms with van der Waals surface area (Å²) in [4.78, 5) is 0. The lowest BCUT2D eigenvalue weighted by molar-refractivity contribution is -0.133. The van der Waals surface area contributed by atoms with Crippen LogP contribution in [-0.4, -0.2) is 25.3 Å². The van der Waals surface area contributed by atoms with E-state index in [9.17, 15) is 13.2 Å². The predicted molar refractivity (Wildman–Crippen MR) is 37.2 cm³/mol. The van der Waals surface area contributed by atoms with Gasteiger partial charge < -0.3 is 11.1 Å². The highest BCUT2D eigenvalue weighted by Gasteiger charge is 2.26. The molecule has 0 bridgehead atoms. The number of nitrogens with one attached hydrogen (secondary N) is 1. The number of nitrogens with two attached hydrogens (primary N) is 1. The van der Waals surface area contributed by atoms with Gasteiger partial charge in [-0.15, -0.1) is 0 Å². The summed E-state index contributed by atoms with van der Waals surface area (Å²) in [5.41, 5.74) is 5.18. The van der Waals surface area contributed by atoms with Gasteiger partial charge in [0.05, 0.1) is 6.42 Å². The molecule has 1 unspecified atom stereocenters. The third-order valence-electron chi connectivity index (χ3n) is 1.25. The molecule has 5 heteroatoms. The maximum Gasteiger partial charge on any atom is 0.390 e. The van der Waals surface area contributed by atoms with Crippen molar-refractivity contribution >= 4 is 0 Å². The van der Waals surface area contributed by atoms with Gasteiger partial charge >= 0.3 is 6.18 Å². The largest absolute Gasteiger partial charge is 0.390 e. The Kier molecular flexibility index (Phi) is 4.44. The summed E-state index contributed by atoms with van der Waals surface area (Å²) in [7, 11) is 0. The Morgan fingerprint density at radius 3 is 2.36 bits per heavy atom. The first-order valence-electron chi connectivity index (χ1n) is 3.46. The summed E-state index contributed by atoms with van der Waals surface area (Å²) in [5, 5.41) is 2.64. The van der Waals surface area contributed by atoms with Crippen molar-refractivity contribution < 1.29 is 13.2 Å². The van der Waals surface area contributed by atoms with Crippen molar-refractivity contribution in [2.75, 3.05) is 13.1 Å². The zero-order valence-corrected chi connectivity index (χ0v) is 6.41. The van der Waals surface area contributed by atoms with Gasteiger partial charge in [-0.1, -0.05) is 0 Å². The average molecular weight is 170 g/mol. The molecule has 0 aromatic heterocycles. The van der Waals surface area contributed by atoms with Crippen LogP contribution < -0.4 is 11.1 Å². The van der Waals surface area contributed by atoms with E-state index >= 15 is 0 Å². The van der Waals surface area contributed by atoms with Crippen LogP contribution in [0.5, 0.6) is 0 Å². The molecule has 0 aliphatic rings. The molecule has 0 aliphatic heterocycles. The highest BCUT2D eigenvalue weighted by molar-refractivity contribution is 4.62. The van der Waals surface area contributed by atoms with Gasteiger partial charge in [0.25, 0.3) is 0 Å². The fourth-order valence-electron chi connectivity index (χ4n) is 0.544. The zero-order valence-electron chi connectivity index (χ0n) is 6.41. The molecule has 0 radical (unpaired) electrons. The molecule has 0 saturated heterocycles. The predicted octanol–water partition coefficient (Wildman–Crippen LogP) is 0.876. The van der Waals surface area contributed by atoms with E-state index in [0.717, 1.165) is 0 Å². The average Bonchev–Trinajstić information content (AvgIpc) is 1.85. The number of alkyl halides is 3. The second-order valence-corrected chi connectivity index (χ2v) is 2.46. The quantitative estimate of drug-likeness (QED) is 0.657. The highest BCUT2D eigenvalue weighted by Crippen LogP contribution is 2.18. The van der Waals surface area contributed by atoms with Crippen LogP contribution in [-0.2, 0) is 0 Å². The Morgan fingerprint density at radius 2 is 2.00 bits per heavy atom. The first-order chi connectivity index (χ1) is 4.95. The summed E-state index contributed by atoms with van der Waals surface area (Å²) >= 11 is 0. The topological polar surface area (TPSA) is 38.0 Å². The first-order valence-corrected chi connectivity index (χ1v) is 3.46. The molecule has 0 aromatic carbocycles. The van der Waals surface area contributed by atoms with E-state index in [1.807, 2.05) is 0 Å². The van der Waals surface area contributed by atoms with Gasteiger partial charge in [0, 0.05) is 19.1 Å². The van der Waals surface area contributed by atoms with Gasteiger partial charge in [-0.2, -0.15) is 13.2 Å². The van der Waals surface area contributed by atoms with Crippen molar-refractivity contribution in [3.8, 4) is 0 Å². The van der Waals surface area contributed by atoms with Gasteiger partial charge in [0.1, 0.15) is 0 Å². The molecule has 0 fully saturated rings. The molecule has 0 heterocycles. The SMILES string of the molecule is CC(CN)NCCC(F)(F)F. The minimum atomic E-state index is -4.07. The molecule has 0 aliphatic carbocycles. The number of hydrogen-bond acceptors (Lipinski definition) is 2. The van der Waals surface area contributed by atoms with Crippen molar-refractivity contribution in [3.63, 3.8) is 0 Å². The Labute approximate surface area is 64.0 Å². The third-order valence-corrected chi connectivity index (χ3v) is 1.25. The van der Waals surface area contributed by atoms with Crippen LogP contribution in [0.4, 0.5) is 13.2 Å². The molecule has 0 rings (SSSR count). The van der Waals surface area contributed by atoms with E-state index in [4.69, 9.17) is 5.73 Å². The lowest BCUT2D eigenvalue weighted by atomic mass is 10.3. The maximum absolute atomic E-state index is 11.5. The fourth-order valence-corrected chi connectivity index (χ4v) is 0.544. The Bertz CT molecular complexity index is 102. The molecular formula is C6H13F3N2. The monoisotopic (exact) mass is 170 g/mol. The number of halogens is 3. The van der Waals surface area contributed by atoms with Crippen LogP contribution in [0.2, 0.25) is 0 Å². The molecule has 1 atom stereocenters. The summed E-state index contributed by atoms with van der Waals surface area (Å²) in [5.74, 6) is 0. The summed E-state index contributed by atoms with van der Waals surface area (Å²) in [6.07, 6.45) is -4.86. The summed E-state index contributed by atoms with van der Waals surface area (Å²) in [6, 6.07) is -0.0441. The normalized spacial score (nSPS) is 15.0. The third kappa shape index (κ3) is 7.61. The van der Waals surface area contributed by atoms with Gasteiger partial charge in [-0.3, -0.25) is 0 Å². The lowest BCUT2D eigenvalue weighted by Gasteiger charge is -2.11. The van der Waals surface area contributed by atoms with Crippen molar-refractivity contribution in [2.45, 2.75) is 25.6 Å². The van der Waals surface area contributed by atoms with E-state index in [1.165, 1.54) is 0 Å². The zero-order chi connectivity index (χ0) is 8.91. The van der Waals surface area contributed by atoms with Crippen LogP contribution in [0.15, 0.2) is 0 Å². The summed E-state index contributed by atoms with van der Waals surface area (Å²) in [6.45, 7) is 2.05. The smallest absolute Gasteiger partial charge is 0.329 e. The first kappa shape index (κ1) is 10.7. The minimum absolute atomic E-state index is 0.0441. The molecule has 0 spiro atoms. The van der Waals surface area contributed by atoms with E-state index < -0.39 is 12.6 Å². The van der Waals surface area contributed by atoms with E-state index in [1.54, 1.807) is 6.92 Å². The second-order valence-electron chi connectivity index (χ2n) is 2.46. The second kappa shape index (κ2) is 4.56. The van der Waals surface area contributed by atoms with Crippen molar-refractivity contribution in [3.05, 3.63) is 0 Å². The number of rotatable bonds is 4. The van der Waals surface area contributed by atoms with Crippen LogP contribution in [0, 0.1) is 0 Å². The van der Waals surface area contributed by atoms with E-state index in [2.05, 4.69) is 5.32 Å². The van der Waals surface area contributed by atoms with Crippen molar-refractivity contribution in [1.29, 1.82) is 0 Å². The molecule has 0 aromatic rings. The van der Waals surface area contributed by atoms with E-state index in [-0.39, 0.29) is 12.6 Å². The Morgan fingerprint density at radius 1 is 1.45 bits per heavy atom. The van der Waals surface area contributed by atoms with Crippen LogP contribution in [0.1, 0.15) is 13.3 Å². The molecule has 11 heavy (non-hydrogen) atoms. The van der Waals surface area contributed by atoms with Gasteiger partial charge in [0.2, 0.25) is 0 Å². The number of hydrogen-bond donors (Lipinski definition) is 2. The van der Waals surface area contributed by atoms with Crippen LogP contribution in [0.25, 0.3) is 0 Å². The minimum Gasteiger partial charge on any atom is -0.329 e. The Balaban J connectivity index is 3.28. The van der Waals surface area contributed by atoms with Crippen molar-refractivity contribution in [2.24, 2.45) is 5.73 Å². The van der Waals surface area contributed by atoms with Gasteiger partial charge in [-0.25, -0.2) is 0 Å². The van der Waals surface area contributed by atoms with Crippen molar-refractivity contribution in [1.82, 2.24) is 5.32 Å². The highest BCUT2D eigenvalue weighted by atomic mass is 19.4. The summed E-state index contributed by atoms with van der Waals surface area (Å²) < 4.78 is 34.6. The fraction of sp³-hybridized carbons (Fsp3) is 1.00. The van der Waals surface area contributed by atoms with Gasteiger partial charge in [0.15, 0.2) is 0 Å². The van der Waals surface area contributed by atoms with Crippen LogP contribution >= 0.6 is 0 Å². The molecule has 2 nitrogen and oxygen atoms in total. The standard InChI is InChI=1S/C6H13F3N2/c1-5(4-10)11-3-2-6(7,8)9/h5,11H,2-4,10H2,1H3. The Hall–Kier alpha value is -0.290. The molecule has 0 saturated carbocycles. The maximum atomic E-state index is 11.5. The molecular weight excluding hydrogens is 157 g/mol. The molecule has 0 amide bonds. The van der Waals surface area contributed by atoms with Gasteiger partial charge in [-0.05, 0) is 6.92 Å².